The molecule has 0 radical (unpaired) electrons. The highest BCUT2D eigenvalue weighted by Gasteiger charge is 2.16. The summed E-state index contributed by atoms with van der Waals surface area (Å²) in [6.45, 7) is 2.65. The first kappa shape index (κ1) is 17.9. The first-order chi connectivity index (χ1) is 12.5. The van der Waals surface area contributed by atoms with Crippen LogP contribution in [0.1, 0.15) is 25.3 Å². The second-order valence-electron chi connectivity index (χ2n) is 5.85. The average Bonchev–Trinajstić information content (AvgIpc) is 2.99. The van der Waals surface area contributed by atoms with E-state index in [1.807, 2.05) is 12.1 Å². The molecule has 26 heavy (non-hydrogen) atoms. The van der Waals surface area contributed by atoms with Gasteiger partial charge in [-0.2, -0.15) is 10.1 Å². The maximum absolute atomic E-state index is 12.3. The molecule has 0 aliphatic heterocycles. The summed E-state index contributed by atoms with van der Waals surface area (Å²) in [4.78, 5) is 30.8. The molecule has 0 spiro atoms. The third-order valence-electron chi connectivity index (χ3n) is 3.99. The number of imidazole rings is 1. The summed E-state index contributed by atoms with van der Waals surface area (Å²) in [5, 5.41) is 4.84. The number of benzene rings is 1. The first-order valence-corrected chi connectivity index (χ1v) is 8.63. The smallest absolute Gasteiger partial charge is 0.303 e. The molecule has 0 unspecified atom stereocenters. The van der Waals surface area contributed by atoms with E-state index in [0.717, 1.165) is 18.4 Å². The molecule has 3 aromatic rings. The molecule has 136 valence electrons. The summed E-state index contributed by atoms with van der Waals surface area (Å²) < 4.78 is 3.06. The van der Waals surface area contributed by atoms with Crippen molar-refractivity contribution >= 4 is 34.9 Å². The highest BCUT2D eigenvalue weighted by molar-refractivity contribution is 6.30. The van der Waals surface area contributed by atoms with Crippen LogP contribution in [-0.4, -0.2) is 25.3 Å². The van der Waals surface area contributed by atoms with Crippen LogP contribution in [0, 0.1) is 0 Å². The fourth-order valence-electron chi connectivity index (χ4n) is 2.57. The Labute approximate surface area is 154 Å². The van der Waals surface area contributed by atoms with Crippen LogP contribution in [-0.2, 0) is 13.6 Å². The van der Waals surface area contributed by atoms with Crippen molar-refractivity contribution in [1.82, 2.24) is 19.1 Å². The average molecular weight is 375 g/mol. The summed E-state index contributed by atoms with van der Waals surface area (Å²) in [5.41, 5.74) is 3.45. The molecule has 8 nitrogen and oxygen atoms in total. The fourth-order valence-corrected chi connectivity index (χ4v) is 2.69. The second-order valence-corrected chi connectivity index (χ2v) is 6.29. The molecule has 0 aliphatic carbocycles. The molecule has 0 atom stereocenters. The maximum Gasteiger partial charge on any atom is 0.329 e. The highest BCUT2D eigenvalue weighted by Crippen LogP contribution is 2.16. The van der Waals surface area contributed by atoms with Gasteiger partial charge in [0.25, 0.3) is 5.56 Å². The first-order valence-electron chi connectivity index (χ1n) is 8.25. The molecule has 0 aliphatic rings. The zero-order chi connectivity index (χ0) is 18.7. The molecule has 2 heterocycles. The summed E-state index contributed by atoms with van der Waals surface area (Å²) >= 11 is 5.86. The van der Waals surface area contributed by atoms with Crippen LogP contribution in [0.5, 0.6) is 0 Å². The lowest BCUT2D eigenvalue weighted by molar-refractivity contribution is 0.647. The number of halogens is 1. The quantitative estimate of drug-likeness (QED) is 0.511. The van der Waals surface area contributed by atoms with E-state index in [-0.39, 0.29) is 0 Å². The monoisotopic (exact) mass is 374 g/mol. The van der Waals surface area contributed by atoms with Gasteiger partial charge in [0.2, 0.25) is 5.95 Å². The molecule has 0 saturated carbocycles. The number of aromatic nitrogens is 4. The predicted molar refractivity (Wildman–Crippen MR) is 103 cm³/mol. The van der Waals surface area contributed by atoms with E-state index < -0.39 is 11.2 Å². The van der Waals surface area contributed by atoms with Gasteiger partial charge in [-0.15, -0.1) is 0 Å². The third-order valence-corrected chi connectivity index (χ3v) is 4.24. The van der Waals surface area contributed by atoms with E-state index in [9.17, 15) is 9.59 Å². The Bertz CT molecular complexity index is 1060. The third kappa shape index (κ3) is 3.55. The lowest BCUT2D eigenvalue weighted by Crippen LogP contribution is -2.29. The van der Waals surface area contributed by atoms with E-state index in [0.29, 0.717) is 28.7 Å². The maximum atomic E-state index is 12.3. The van der Waals surface area contributed by atoms with Crippen LogP contribution in [0.3, 0.4) is 0 Å². The predicted octanol–water partition coefficient (Wildman–Crippen LogP) is 2.32. The molecule has 9 heteroatoms. The van der Waals surface area contributed by atoms with E-state index in [1.165, 1.54) is 4.57 Å². The van der Waals surface area contributed by atoms with Crippen molar-refractivity contribution in [1.29, 1.82) is 0 Å². The van der Waals surface area contributed by atoms with E-state index in [4.69, 9.17) is 11.6 Å². The van der Waals surface area contributed by atoms with Crippen molar-refractivity contribution in [2.24, 2.45) is 12.1 Å². The van der Waals surface area contributed by atoms with Gasteiger partial charge in [0.1, 0.15) is 0 Å². The minimum absolute atomic E-state index is 0.319. The Morgan fingerprint density at radius 1 is 1.31 bits per heavy atom. The molecular formula is C17H19ClN6O2. The molecule has 2 aromatic heterocycles. The summed E-state index contributed by atoms with van der Waals surface area (Å²) in [5.74, 6) is 0.408. The number of H-pyrrole nitrogens is 1. The minimum atomic E-state index is -0.501. The van der Waals surface area contributed by atoms with Gasteiger partial charge in [-0.1, -0.05) is 37.1 Å². The van der Waals surface area contributed by atoms with Crippen molar-refractivity contribution in [3.63, 3.8) is 0 Å². The molecule has 3 rings (SSSR count). The number of aryl methyl sites for hydroxylation is 2. The van der Waals surface area contributed by atoms with Crippen LogP contribution in [0.15, 0.2) is 39.0 Å². The number of hydrogen-bond donors (Lipinski definition) is 2. The summed E-state index contributed by atoms with van der Waals surface area (Å²) in [6.07, 6.45) is 3.45. The van der Waals surface area contributed by atoms with Gasteiger partial charge >= 0.3 is 5.69 Å². The van der Waals surface area contributed by atoms with Crippen molar-refractivity contribution in [3.8, 4) is 0 Å². The van der Waals surface area contributed by atoms with E-state index in [2.05, 4.69) is 27.4 Å². The largest absolute Gasteiger partial charge is 0.329 e. The van der Waals surface area contributed by atoms with Gasteiger partial charge in [-0.25, -0.2) is 10.2 Å². The number of nitrogens with one attached hydrogen (secondary N) is 2. The molecular weight excluding hydrogens is 356 g/mol. The Morgan fingerprint density at radius 2 is 2.04 bits per heavy atom. The van der Waals surface area contributed by atoms with Crippen molar-refractivity contribution < 1.29 is 0 Å². The van der Waals surface area contributed by atoms with Crippen molar-refractivity contribution in [2.75, 3.05) is 5.43 Å². The molecule has 0 saturated heterocycles. The summed E-state index contributed by atoms with van der Waals surface area (Å²) in [6, 6.07) is 7.22. The second kappa shape index (κ2) is 7.57. The Kier molecular flexibility index (Phi) is 5.22. The molecule has 1 aromatic carbocycles. The highest BCUT2D eigenvalue weighted by atomic mass is 35.5. The number of hydrogen-bond acceptors (Lipinski definition) is 5. The zero-order valence-corrected chi connectivity index (χ0v) is 15.2. The molecule has 2 N–H and O–H groups in total. The summed E-state index contributed by atoms with van der Waals surface area (Å²) in [7, 11) is 1.57. The SMILES string of the molecule is CCCCn1c(NN=Cc2ccc(Cl)cc2)nc2c1c(=O)[nH]c(=O)n2C. The zero-order valence-electron chi connectivity index (χ0n) is 14.5. The normalized spacial score (nSPS) is 11.5. The number of rotatable bonds is 6. The Balaban J connectivity index is 1.99. The van der Waals surface area contributed by atoms with Crippen LogP contribution in [0.4, 0.5) is 5.95 Å². The fraction of sp³-hybridized carbons (Fsp3) is 0.294. The number of unbranched alkanes of at least 4 members (excludes halogenated alkanes) is 1. The molecule has 0 fully saturated rings. The van der Waals surface area contributed by atoms with E-state index in [1.54, 1.807) is 30.0 Å². The molecule has 0 amide bonds. The number of hydrazone groups is 1. The lowest BCUT2D eigenvalue weighted by Gasteiger charge is -2.06. The van der Waals surface area contributed by atoms with Crippen LogP contribution in [0.25, 0.3) is 11.2 Å². The standard InChI is InChI=1S/C17H19ClN6O2/c1-3-4-9-24-13-14(23(2)17(26)21-15(13)25)20-16(24)22-19-10-11-5-7-12(18)8-6-11/h5-8,10H,3-4,9H2,1-2H3,(H,20,22)(H,21,25,26). The Hall–Kier alpha value is -2.87. The van der Waals surface area contributed by atoms with Crippen molar-refractivity contribution in [2.45, 2.75) is 26.3 Å². The minimum Gasteiger partial charge on any atom is -0.303 e. The van der Waals surface area contributed by atoms with E-state index >= 15 is 0 Å². The van der Waals surface area contributed by atoms with Gasteiger partial charge in [-0.05, 0) is 24.1 Å². The number of fused-ring (bicyclic) bond motifs is 1. The molecule has 0 bridgehead atoms. The van der Waals surface area contributed by atoms with Crippen LogP contribution in [0.2, 0.25) is 5.02 Å². The topological polar surface area (TPSA) is 97.1 Å². The number of anilines is 1. The van der Waals surface area contributed by atoms with Gasteiger partial charge in [0, 0.05) is 18.6 Å². The van der Waals surface area contributed by atoms with Gasteiger partial charge in [0.05, 0.1) is 6.21 Å². The number of aromatic amines is 1. The van der Waals surface area contributed by atoms with Crippen molar-refractivity contribution in [3.05, 3.63) is 55.7 Å². The number of nitrogens with zero attached hydrogens (tertiary/aromatic N) is 4. The van der Waals surface area contributed by atoms with Crippen LogP contribution < -0.4 is 16.7 Å². The van der Waals surface area contributed by atoms with Gasteiger partial charge in [-0.3, -0.25) is 14.3 Å². The lowest BCUT2D eigenvalue weighted by atomic mass is 10.2. The van der Waals surface area contributed by atoms with Crippen LogP contribution >= 0.6 is 11.6 Å². The van der Waals surface area contributed by atoms with Gasteiger partial charge < -0.3 is 4.57 Å². The Morgan fingerprint density at radius 3 is 2.73 bits per heavy atom. The van der Waals surface area contributed by atoms with Gasteiger partial charge in [0.15, 0.2) is 11.2 Å².